The molecule has 0 bridgehead atoms. The highest BCUT2D eigenvalue weighted by Gasteiger charge is 2.16. The second-order valence-corrected chi connectivity index (χ2v) is 4.66. The third-order valence-corrected chi connectivity index (χ3v) is 3.16. The van der Waals surface area contributed by atoms with E-state index in [9.17, 15) is 9.18 Å². The summed E-state index contributed by atoms with van der Waals surface area (Å²) in [6.07, 6.45) is 1.34. The lowest BCUT2D eigenvalue weighted by Crippen LogP contribution is -2.08. The molecule has 0 aliphatic carbocycles. The maximum absolute atomic E-state index is 12.9. The van der Waals surface area contributed by atoms with Crippen molar-refractivity contribution in [1.82, 2.24) is 0 Å². The topological polar surface area (TPSA) is 44.8 Å². The van der Waals surface area contributed by atoms with Gasteiger partial charge in [-0.3, -0.25) is 0 Å². The van der Waals surface area contributed by atoms with Gasteiger partial charge in [-0.05, 0) is 35.4 Å². The predicted octanol–water partition coefficient (Wildman–Crippen LogP) is 3.57. The van der Waals surface area contributed by atoms with Gasteiger partial charge in [0.2, 0.25) is 0 Å². The number of esters is 1. The van der Waals surface area contributed by atoms with Gasteiger partial charge in [0.05, 0.1) is 20.5 Å². The second-order valence-electron chi connectivity index (χ2n) is 4.66. The molecule has 0 radical (unpaired) electrons. The van der Waals surface area contributed by atoms with Crippen LogP contribution in [0.25, 0.3) is 5.57 Å². The van der Waals surface area contributed by atoms with Crippen molar-refractivity contribution in [2.24, 2.45) is 0 Å². The molecule has 0 fully saturated rings. The molecule has 0 saturated heterocycles. The average molecular weight is 316 g/mol. The van der Waals surface area contributed by atoms with E-state index in [2.05, 4.69) is 0 Å². The summed E-state index contributed by atoms with van der Waals surface area (Å²) in [6, 6.07) is 13.0. The normalized spacial score (nSPS) is 11.0. The molecule has 5 heteroatoms. The summed E-state index contributed by atoms with van der Waals surface area (Å²) in [7, 11) is 2.77. The van der Waals surface area contributed by atoms with Crippen LogP contribution in [0.4, 0.5) is 4.39 Å². The molecule has 23 heavy (non-hydrogen) atoms. The summed E-state index contributed by atoms with van der Waals surface area (Å²) >= 11 is 0. The molecule has 0 aliphatic rings. The Kier molecular flexibility index (Phi) is 5.74. The van der Waals surface area contributed by atoms with Crippen molar-refractivity contribution in [1.29, 1.82) is 0 Å². The molecule has 120 valence electrons. The highest BCUT2D eigenvalue weighted by Crippen LogP contribution is 2.22. The van der Waals surface area contributed by atoms with E-state index in [0.717, 1.165) is 5.56 Å². The fraction of sp³-hybridized carbons (Fsp3) is 0.167. The largest absolute Gasteiger partial charge is 0.503 e. The molecule has 0 spiro atoms. The van der Waals surface area contributed by atoms with Crippen LogP contribution in [0.15, 0.2) is 54.8 Å². The number of carbonyl (C=O) groups is 1. The summed E-state index contributed by atoms with van der Waals surface area (Å²) < 4.78 is 28.3. The van der Waals surface area contributed by atoms with Crippen LogP contribution in [-0.4, -0.2) is 20.2 Å². The monoisotopic (exact) mass is 316 g/mol. The van der Waals surface area contributed by atoms with Crippen LogP contribution in [0.3, 0.4) is 0 Å². The number of hydrogen-bond donors (Lipinski definition) is 0. The highest BCUT2D eigenvalue weighted by atomic mass is 19.1. The van der Waals surface area contributed by atoms with Crippen LogP contribution in [0.2, 0.25) is 0 Å². The molecule has 0 amide bonds. The number of halogens is 1. The maximum Gasteiger partial charge on any atom is 0.341 e. The van der Waals surface area contributed by atoms with E-state index >= 15 is 0 Å². The van der Waals surface area contributed by atoms with Crippen molar-refractivity contribution in [3.63, 3.8) is 0 Å². The van der Waals surface area contributed by atoms with Crippen LogP contribution >= 0.6 is 0 Å². The second kappa shape index (κ2) is 7.98. The van der Waals surface area contributed by atoms with Gasteiger partial charge in [-0.15, -0.1) is 0 Å². The van der Waals surface area contributed by atoms with Gasteiger partial charge in [-0.25, -0.2) is 9.18 Å². The predicted molar refractivity (Wildman–Crippen MR) is 84.2 cm³/mol. The summed E-state index contributed by atoms with van der Waals surface area (Å²) in [5.74, 6) is -0.286. The van der Waals surface area contributed by atoms with Crippen molar-refractivity contribution < 1.29 is 23.4 Å². The first-order chi connectivity index (χ1) is 11.2. The Morgan fingerprint density at radius 1 is 1.09 bits per heavy atom. The highest BCUT2D eigenvalue weighted by molar-refractivity contribution is 6.16. The summed E-state index contributed by atoms with van der Waals surface area (Å²) in [4.78, 5) is 11.9. The Morgan fingerprint density at radius 3 is 2.43 bits per heavy atom. The van der Waals surface area contributed by atoms with Gasteiger partial charge in [0, 0.05) is 0 Å². The molecule has 0 aliphatic heterocycles. The molecule has 2 aromatic rings. The molecule has 2 rings (SSSR count). The Morgan fingerprint density at radius 2 is 1.78 bits per heavy atom. The van der Waals surface area contributed by atoms with E-state index < -0.39 is 5.97 Å². The summed E-state index contributed by atoms with van der Waals surface area (Å²) in [6.45, 7) is 0.222. The van der Waals surface area contributed by atoms with Gasteiger partial charge in [0.25, 0.3) is 0 Å². The summed E-state index contributed by atoms with van der Waals surface area (Å²) in [5, 5.41) is 0. The van der Waals surface area contributed by atoms with Crippen molar-refractivity contribution in [2.75, 3.05) is 14.2 Å². The zero-order chi connectivity index (χ0) is 16.7. The lowest BCUT2D eigenvalue weighted by atomic mass is 10.0. The lowest BCUT2D eigenvalue weighted by Gasteiger charge is -2.12. The Labute approximate surface area is 134 Å². The molecule has 2 aromatic carbocycles. The molecular weight excluding hydrogens is 299 g/mol. The average Bonchev–Trinajstić information content (AvgIpc) is 2.59. The minimum absolute atomic E-state index is 0.222. The van der Waals surface area contributed by atoms with Crippen molar-refractivity contribution >= 4 is 11.5 Å². The van der Waals surface area contributed by atoms with Gasteiger partial charge in [0.15, 0.2) is 0 Å². The standard InChI is InChI=1S/C18H17FO4/c1-21-12-17(18(20)22-2)16-6-4-3-5-13(16)11-23-15-9-7-14(19)8-10-15/h3-10,12H,11H2,1-2H3/b17-12-. The van der Waals surface area contributed by atoms with E-state index in [1.165, 1.54) is 32.6 Å². The molecular formula is C18H17FO4. The van der Waals surface area contributed by atoms with E-state index in [0.29, 0.717) is 16.9 Å². The van der Waals surface area contributed by atoms with Crippen molar-refractivity contribution in [3.05, 3.63) is 71.7 Å². The van der Waals surface area contributed by atoms with E-state index in [-0.39, 0.29) is 12.4 Å². The van der Waals surface area contributed by atoms with Crippen LogP contribution < -0.4 is 4.74 Å². The van der Waals surface area contributed by atoms with E-state index in [1.54, 1.807) is 18.2 Å². The number of hydrogen-bond acceptors (Lipinski definition) is 4. The number of benzene rings is 2. The van der Waals surface area contributed by atoms with Gasteiger partial charge in [-0.1, -0.05) is 24.3 Å². The molecule has 0 heterocycles. The van der Waals surface area contributed by atoms with Crippen molar-refractivity contribution in [3.8, 4) is 5.75 Å². The summed E-state index contributed by atoms with van der Waals surface area (Å²) in [5.41, 5.74) is 1.74. The third-order valence-electron chi connectivity index (χ3n) is 3.16. The number of rotatable bonds is 6. The minimum Gasteiger partial charge on any atom is -0.503 e. The fourth-order valence-electron chi connectivity index (χ4n) is 2.05. The van der Waals surface area contributed by atoms with Gasteiger partial charge < -0.3 is 14.2 Å². The molecule has 0 atom stereocenters. The van der Waals surface area contributed by atoms with Crippen LogP contribution in [0, 0.1) is 5.82 Å². The number of ether oxygens (including phenoxy) is 3. The molecule has 0 unspecified atom stereocenters. The van der Waals surface area contributed by atoms with Crippen molar-refractivity contribution in [2.45, 2.75) is 6.61 Å². The zero-order valence-electron chi connectivity index (χ0n) is 12.9. The quantitative estimate of drug-likeness (QED) is 0.464. The maximum atomic E-state index is 12.9. The Balaban J connectivity index is 2.24. The third kappa shape index (κ3) is 4.32. The first-order valence-corrected chi connectivity index (χ1v) is 6.93. The van der Waals surface area contributed by atoms with Crippen LogP contribution in [-0.2, 0) is 20.9 Å². The minimum atomic E-state index is -0.499. The van der Waals surface area contributed by atoms with Gasteiger partial charge in [0.1, 0.15) is 23.7 Å². The van der Waals surface area contributed by atoms with Crippen LogP contribution in [0.1, 0.15) is 11.1 Å². The van der Waals surface area contributed by atoms with Gasteiger partial charge >= 0.3 is 5.97 Å². The Hall–Kier alpha value is -2.82. The lowest BCUT2D eigenvalue weighted by molar-refractivity contribution is -0.133. The SMILES string of the molecule is CO/C=C(\C(=O)OC)c1ccccc1COc1ccc(F)cc1. The van der Waals surface area contributed by atoms with Crippen LogP contribution in [0.5, 0.6) is 5.75 Å². The van der Waals surface area contributed by atoms with E-state index in [1.807, 2.05) is 18.2 Å². The zero-order valence-corrected chi connectivity index (χ0v) is 12.9. The van der Waals surface area contributed by atoms with E-state index in [4.69, 9.17) is 14.2 Å². The number of methoxy groups -OCH3 is 2. The molecule has 0 N–H and O–H groups in total. The molecule has 0 aromatic heterocycles. The molecule has 0 saturated carbocycles. The smallest absolute Gasteiger partial charge is 0.341 e. The Bertz CT molecular complexity index is 692. The van der Waals surface area contributed by atoms with Gasteiger partial charge in [-0.2, -0.15) is 0 Å². The first-order valence-electron chi connectivity index (χ1n) is 6.93. The fourth-order valence-corrected chi connectivity index (χ4v) is 2.05. The number of carbonyl (C=O) groups excluding carboxylic acids is 1. The molecule has 4 nitrogen and oxygen atoms in total. The first kappa shape index (κ1) is 16.5.